The second kappa shape index (κ2) is 62.0. The first-order valence-electron chi connectivity index (χ1n) is 38.2. The summed E-state index contributed by atoms with van der Waals surface area (Å²) in [5.41, 5.74) is 0. The molecule has 2 fully saturated rings. The Kier molecular flexibility index (Phi) is 57.6. The van der Waals surface area contributed by atoms with E-state index in [9.17, 15) is 45.6 Å². The van der Waals surface area contributed by atoms with Crippen molar-refractivity contribution in [3.63, 3.8) is 0 Å². The van der Waals surface area contributed by atoms with E-state index < -0.39 is 86.8 Å². The van der Waals surface area contributed by atoms with Crippen molar-refractivity contribution in [3.05, 3.63) is 72.9 Å². The Hall–Kier alpha value is -2.57. The second-order valence-electron chi connectivity index (χ2n) is 26.8. The lowest BCUT2D eigenvalue weighted by atomic mass is 9.97. The van der Waals surface area contributed by atoms with Crippen molar-refractivity contribution in [1.82, 2.24) is 5.32 Å². The minimum absolute atomic E-state index is 0.220. The lowest BCUT2D eigenvalue weighted by Crippen LogP contribution is -2.65. The summed E-state index contributed by atoms with van der Waals surface area (Å²) in [6, 6.07) is -0.844. The molecule has 2 rings (SSSR count). The van der Waals surface area contributed by atoms with Gasteiger partial charge in [-0.05, 0) is 64.2 Å². The molecule has 12 unspecified atom stereocenters. The van der Waals surface area contributed by atoms with Crippen molar-refractivity contribution >= 4 is 5.91 Å². The molecule has 14 nitrogen and oxygen atoms in total. The Bertz CT molecular complexity index is 1820. The molecule has 2 saturated heterocycles. The first kappa shape index (κ1) is 85.5. The van der Waals surface area contributed by atoms with Crippen LogP contribution in [0.3, 0.4) is 0 Å². The molecular weight excluding hydrogens is 1160 g/mol. The molecule has 12 atom stereocenters. The van der Waals surface area contributed by atoms with Gasteiger partial charge >= 0.3 is 0 Å². The summed E-state index contributed by atoms with van der Waals surface area (Å²) in [4.78, 5) is 13.4. The van der Waals surface area contributed by atoms with Crippen LogP contribution < -0.4 is 5.32 Å². The molecule has 2 aliphatic rings. The zero-order valence-corrected chi connectivity index (χ0v) is 58.5. The van der Waals surface area contributed by atoms with Gasteiger partial charge in [-0.25, -0.2) is 0 Å². The predicted molar refractivity (Wildman–Crippen MR) is 378 cm³/mol. The maximum absolute atomic E-state index is 13.4. The van der Waals surface area contributed by atoms with E-state index >= 15 is 0 Å². The number of aliphatic hydroxyl groups is 8. The summed E-state index contributed by atoms with van der Waals surface area (Å²) < 4.78 is 22.9. The summed E-state index contributed by atoms with van der Waals surface area (Å²) in [5.74, 6) is -0.220. The van der Waals surface area contributed by atoms with E-state index in [0.29, 0.717) is 12.8 Å². The lowest BCUT2D eigenvalue weighted by molar-refractivity contribution is -0.359. The SMILES string of the molecule is CC/C=C\C/C=C\C/C=C\C/C=C\C/C=C\C/C=C\CCCCCCCCC(=O)NC(COC1OC(CO)C(OC2OC(CO)C(O)C(O)C2O)C(O)C1O)C(O)CCCCCCCCCCCCCCCCCCCCCCCCCCCCCCCCCCC. The number of aliphatic hydroxyl groups excluding tert-OH is 8. The van der Waals surface area contributed by atoms with Crippen LogP contribution in [0.25, 0.3) is 0 Å². The number of hydrogen-bond donors (Lipinski definition) is 9. The van der Waals surface area contributed by atoms with Crippen LogP contribution in [0, 0.1) is 0 Å². The molecule has 536 valence electrons. The second-order valence-corrected chi connectivity index (χ2v) is 26.8. The van der Waals surface area contributed by atoms with Crippen molar-refractivity contribution in [2.24, 2.45) is 0 Å². The highest BCUT2D eigenvalue weighted by atomic mass is 16.7. The molecule has 92 heavy (non-hydrogen) atoms. The molecule has 0 aromatic rings. The van der Waals surface area contributed by atoms with Gasteiger partial charge in [0.1, 0.15) is 48.8 Å². The predicted octanol–water partition coefficient (Wildman–Crippen LogP) is 16.6. The normalized spacial score (nSPS) is 23.1. The molecular formula is C78H141NO13. The molecule has 0 radical (unpaired) electrons. The van der Waals surface area contributed by atoms with Gasteiger partial charge in [-0.15, -0.1) is 0 Å². The summed E-state index contributed by atoms with van der Waals surface area (Å²) in [6.45, 7) is 2.78. The van der Waals surface area contributed by atoms with Crippen LogP contribution in [0.4, 0.5) is 0 Å². The van der Waals surface area contributed by atoms with E-state index in [4.69, 9.17) is 18.9 Å². The van der Waals surface area contributed by atoms with Gasteiger partial charge in [0, 0.05) is 6.42 Å². The van der Waals surface area contributed by atoms with Gasteiger partial charge in [0.05, 0.1) is 32.0 Å². The van der Waals surface area contributed by atoms with Gasteiger partial charge in [-0.2, -0.15) is 0 Å². The highest BCUT2D eigenvalue weighted by Gasteiger charge is 2.51. The minimum Gasteiger partial charge on any atom is -0.394 e. The first-order chi connectivity index (χ1) is 45.1. The fraction of sp³-hybridized carbons (Fsp3) is 0.833. The maximum atomic E-state index is 13.4. The zero-order valence-electron chi connectivity index (χ0n) is 58.5. The van der Waals surface area contributed by atoms with E-state index in [0.717, 1.165) is 103 Å². The Balaban J connectivity index is 1.64. The number of ether oxygens (including phenoxy) is 4. The maximum Gasteiger partial charge on any atom is 0.220 e. The van der Waals surface area contributed by atoms with E-state index in [1.807, 2.05) is 0 Å². The van der Waals surface area contributed by atoms with Gasteiger partial charge in [-0.3, -0.25) is 4.79 Å². The molecule has 0 aromatic heterocycles. The van der Waals surface area contributed by atoms with Crippen molar-refractivity contribution in [2.75, 3.05) is 19.8 Å². The molecule has 0 aromatic carbocycles. The summed E-state index contributed by atoms with van der Waals surface area (Å²) >= 11 is 0. The third-order valence-electron chi connectivity index (χ3n) is 18.4. The van der Waals surface area contributed by atoms with Gasteiger partial charge in [0.2, 0.25) is 5.91 Å². The molecule has 0 spiro atoms. The lowest BCUT2D eigenvalue weighted by Gasteiger charge is -2.46. The van der Waals surface area contributed by atoms with Crippen molar-refractivity contribution in [2.45, 2.75) is 396 Å². The standard InChI is InChI=1S/C78H141NO13/c1-3-5-7-9-11-13-15-17-19-21-23-25-27-29-30-31-32-33-34-35-36-38-39-41-43-45-47-49-51-53-55-57-59-61-67(82)66(65-89-77-75(88)73(86)76(69(64-81)91-77)92-78-74(87)72(85)71(84)68(63-80)90-78)79-70(83)62-60-58-56-54-52-50-48-46-44-42-40-37-28-26-24-22-20-18-16-14-12-10-8-6-4-2/h6,8,12,14,18,20,24,26,37,40,44,46,66-69,71-78,80-82,84-88H,3-5,7,9-11,13,15-17,19,21-23,25,27-36,38-39,41-43,45,47-65H2,1-2H3,(H,79,83)/b8-6-,14-12-,20-18-,26-24-,40-37-,46-44-. The van der Waals surface area contributed by atoms with E-state index in [1.165, 1.54) is 186 Å². The summed E-state index contributed by atoms with van der Waals surface area (Å²) in [7, 11) is 0. The molecule has 0 saturated carbocycles. The van der Waals surface area contributed by atoms with Crippen LogP contribution in [0.1, 0.15) is 322 Å². The zero-order chi connectivity index (χ0) is 66.6. The molecule has 0 bridgehead atoms. The molecule has 14 heteroatoms. The van der Waals surface area contributed by atoms with Crippen LogP contribution in [-0.2, 0) is 23.7 Å². The minimum atomic E-state index is -1.79. The van der Waals surface area contributed by atoms with Crippen LogP contribution in [0.2, 0.25) is 0 Å². The topological polar surface area (TPSA) is 228 Å². The number of nitrogens with one attached hydrogen (secondary N) is 1. The third kappa shape index (κ3) is 45.0. The van der Waals surface area contributed by atoms with Gasteiger partial charge in [0.25, 0.3) is 0 Å². The highest BCUT2D eigenvalue weighted by Crippen LogP contribution is 2.30. The summed E-state index contributed by atoms with van der Waals surface area (Å²) in [6.07, 6.45) is 67.9. The van der Waals surface area contributed by atoms with Crippen molar-refractivity contribution in [1.29, 1.82) is 0 Å². The quantitative estimate of drug-likeness (QED) is 0.0204. The van der Waals surface area contributed by atoms with Crippen molar-refractivity contribution < 1.29 is 64.6 Å². The average molecular weight is 1300 g/mol. The number of unbranched alkanes of at least 4 members (excludes halogenated alkanes) is 38. The van der Waals surface area contributed by atoms with Gasteiger partial charge in [0.15, 0.2) is 12.6 Å². The van der Waals surface area contributed by atoms with Crippen LogP contribution in [-0.4, -0.2) is 140 Å². The smallest absolute Gasteiger partial charge is 0.220 e. The Morgan fingerprint density at radius 2 is 0.750 bits per heavy atom. The number of carbonyl (C=O) groups is 1. The van der Waals surface area contributed by atoms with E-state index in [2.05, 4.69) is 92.1 Å². The number of amides is 1. The fourth-order valence-corrected chi connectivity index (χ4v) is 12.4. The highest BCUT2D eigenvalue weighted by molar-refractivity contribution is 5.76. The number of allylic oxidation sites excluding steroid dienone is 12. The van der Waals surface area contributed by atoms with Crippen molar-refractivity contribution in [3.8, 4) is 0 Å². The largest absolute Gasteiger partial charge is 0.394 e. The molecule has 1 amide bonds. The fourth-order valence-electron chi connectivity index (χ4n) is 12.4. The molecule has 2 heterocycles. The van der Waals surface area contributed by atoms with E-state index in [-0.39, 0.29) is 18.9 Å². The monoisotopic (exact) mass is 1300 g/mol. The Labute approximate surface area is 561 Å². The Morgan fingerprint density at radius 3 is 1.15 bits per heavy atom. The average Bonchev–Trinajstić information content (AvgIpc) is 0.865. The van der Waals surface area contributed by atoms with Crippen LogP contribution in [0.5, 0.6) is 0 Å². The number of carbonyl (C=O) groups excluding carboxylic acids is 1. The molecule has 9 N–H and O–H groups in total. The molecule has 2 aliphatic heterocycles. The Morgan fingerprint density at radius 1 is 0.402 bits per heavy atom. The summed E-state index contributed by atoms with van der Waals surface area (Å²) in [5, 5.41) is 87.8. The number of rotatable bonds is 63. The number of hydrogen-bond acceptors (Lipinski definition) is 13. The van der Waals surface area contributed by atoms with Crippen LogP contribution >= 0.6 is 0 Å². The van der Waals surface area contributed by atoms with E-state index in [1.54, 1.807) is 0 Å². The molecule has 0 aliphatic carbocycles. The van der Waals surface area contributed by atoms with Crippen LogP contribution in [0.15, 0.2) is 72.9 Å². The van der Waals surface area contributed by atoms with Gasteiger partial charge < -0.3 is 65.1 Å². The first-order valence-corrected chi connectivity index (χ1v) is 38.2. The van der Waals surface area contributed by atoms with Gasteiger partial charge in [-0.1, -0.05) is 324 Å². The third-order valence-corrected chi connectivity index (χ3v) is 18.4.